The van der Waals surface area contributed by atoms with Crippen molar-refractivity contribution in [1.82, 2.24) is 4.98 Å². The summed E-state index contributed by atoms with van der Waals surface area (Å²) in [5.74, 6) is 0.978. The van der Waals surface area contributed by atoms with E-state index < -0.39 is 0 Å². The summed E-state index contributed by atoms with van der Waals surface area (Å²) in [5, 5.41) is 3.06. The van der Waals surface area contributed by atoms with Crippen LogP contribution < -0.4 is 11.1 Å². The van der Waals surface area contributed by atoms with Gasteiger partial charge in [-0.1, -0.05) is 0 Å². The summed E-state index contributed by atoms with van der Waals surface area (Å²) in [6.07, 6.45) is 0. The van der Waals surface area contributed by atoms with Crippen LogP contribution in [0.5, 0.6) is 0 Å². The molecule has 0 aliphatic rings. The van der Waals surface area contributed by atoms with Gasteiger partial charge in [-0.15, -0.1) is 0 Å². The van der Waals surface area contributed by atoms with Crippen LogP contribution in [-0.2, 0) is 6.54 Å². The molecule has 1 heterocycles. The molecule has 0 fully saturated rings. The fraction of sp³-hybridized carbons (Fsp3) is 0.250. The van der Waals surface area contributed by atoms with Crippen LogP contribution in [0, 0.1) is 19.7 Å². The van der Waals surface area contributed by atoms with Crippen molar-refractivity contribution in [3.05, 3.63) is 39.8 Å². The largest absolute Gasteiger partial charge is 0.444 e. The highest BCUT2D eigenvalue weighted by Crippen LogP contribution is 2.27. The Morgan fingerprint density at radius 1 is 1.44 bits per heavy atom. The van der Waals surface area contributed by atoms with Gasteiger partial charge in [-0.05, 0) is 35.8 Å². The Labute approximate surface area is 113 Å². The van der Waals surface area contributed by atoms with Crippen molar-refractivity contribution >= 4 is 27.3 Å². The first-order chi connectivity index (χ1) is 8.47. The zero-order valence-corrected chi connectivity index (χ0v) is 11.6. The van der Waals surface area contributed by atoms with Crippen LogP contribution in [0.4, 0.5) is 15.8 Å². The number of aromatic nitrogens is 1. The van der Waals surface area contributed by atoms with Gasteiger partial charge in [-0.2, -0.15) is 0 Å². The number of nitrogen functional groups attached to an aromatic ring is 1. The second kappa shape index (κ2) is 4.97. The maximum atomic E-state index is 13.2. The topological polar surface area (TPSA) is 64.1 Å². The second-order valence-electron chi connectivity index (χ2n) is 3.96. The maximum absolute atomic E-state index is 13.2. The van der Waals surface area contributed by atoms with Crippen molar-refractivity contribution in [3.63, 3.8) is 0 Å². The average Bonchev–Trinajstić information content (AvgIpc) is 2.62. The Bertz CT molecular complexity index is 563. The van der Waals surface area contributed by atoms with E-state index in [4.69, 9.17) is 10.2 Å². The van der Waals surface area contributed by atoms with Crippen LogP contribution in [0.3, 0.4) is 0 Å². The molecule has 0 aliphatic heterocycles. The number of oxazole rings is 1. The molecule has 0 bridgehead atoms. The number of nitrogens with two attached hydrogens (primary N) is 1. The van der Waals surface area contributed by atoms with E-state index in [-0.39, 0.29) is 5.82 Å². The minimum absolute atomic E-state index is 0.343. The predicted molar refractivity (Wildman–Crippen MR) is 71.8 cm³/mol. The molecule has 0 spiro atoms. The van der Waals surface area contributed by atoms with Crippen LogP contribution in [0.25, 0.3) is 0 Å². The molecule has 0 saturated heterocycles. The number of hydrogen-bond donors (Lipinski definition) is 2. The second-order valence-corrected chi connectivity index (χ2v) is 4.81. The van der Waals surface area contributed by atoms with Crippen LogP contribution in [0.15, 0.2) is 21.0 Å². The average molecular weight is 314 g/mol. The highest BCUT2D eigenvalue weighted by Gasteiger charge is 2.08. The summed E-state index contributed by atoms with van der Waals surface area (Å²) in [6, 6.07) is 2.85. The van der Waals surface area contributed by atoms with E-state index >= 15 is 0 Å². The van der Waals surface area contributed by atoms with Crippen molar-refractivity contribution in [3.8, 4) is 0 Å². The zero-order chi connectivity index (χ0) is 13.3. The molecule has 18 heavy (non-hydrogen) atoms. The lowest BCUT2D eigenvalue weighted by atomic mass is 10.2. The molecule has 0 aliphatic carbocycles. The van der Waals surface area contributed by atoms with Gasteiger partial charge in [0.1, 0.15) is 11.6 Å². The van der Waals surface area contributed by atoms with Crippen molar-refractivity contribution in [1.29, 1.82) is 0 Å². The summed E-state index contributed by atoms with van der Waals surface area (Å²) >= 11 is 3.11. The molecule has 4 nitrogen and oxygen atoms in total. The third-order valence-corrected chi connectivity index (χ3v) is 3.20. The van der Waals surface area contributed by atoms with Gasteiger partial charge >= 0.3 is 0 Å². The summed E-state index contributed by atoms with van der Waals surface area (Å²) in [4.78, 5) is 4.24. The normalized spacial score (nSPS) is 10.7. The summed E-state index contributed by atoms with van der Waals surface area (Å²) in [6.45, 7) is 4.14. The molecule has 0 amide bonds. The zero-order valence-electron chi connectivity index (χ0n) is 10.1. The van der Waals surface area contributed by atoms with Crippen LogP contribution in [0.1, 0.15) is 17.3 Å². The molecule has 0 unspecified atom stereocenters. The molecule has 0 atom stereocenters. The Kier molecular flexibility index (Phi) is 3.56. The number of nitrogens with one attached hydrogen (secondary N) is 1. The van der Waals surface area contributed by atoms with Gasteiger partial charge in [0.2, 0.25) is 5.89 Å². The van der Waals surface area contributed by atoms with Gasteiger partial charge in [-0.25, -0.2) is 9.37 Å². The minimum Gasteiger partial charge on any atom is -0.444 e. The molecule has 96 valence electrons. The van der Waals surface area contributed by atoms with E-state index in [0.717, 1.165) is 11.5 Å². The smallest absolute Gasteiger partial charge is 0.213 e. The highest BCUT2D eigenvalue weighted by molar-refractivity contribution is 9.10. The van der Waals surface area contributed by atoms with Crippen molar-refractivity contribution in [2.75, 3.05) is 11.1 Å². The lowest BCUT2D eigenvalue weighted by molar-refractivity contribution is 0.478. The van der Waals surface area contributed by atoms with E-state index in [9.17, 15) is 4.39 Å². The van der Waals surface area contributed by atoms with Crippen LogP contribution in [0.2, 0.25) is 0 Å². The first kappa shape index (κ1) is 12.9. The summed E-state index contributed by atoms with van der Waals surface area (Å²) in [7, 11) is 0. The molecule has 6 heteroatoms. The first-order valence-electron chi connectivity index (χ1n) is 5.38. The number of rotatable bonds is 3. The van der Waals surface area contributed by atoms with Crippen molar-refractivity contribution in [2.24, 2.45) is 0 Å². The van der Waals surface area contributed by atoms with Crippen LogP contribution >= 0.6 is 15.9 Å². The first-order valence-corrected chi connectivity index (χ1v) is 6.18. The number of benzene rings is 1. The van der Waals surface area contributed by atoms with E-state index in [2.05, 4.69) is 26.2 Å². The lowest BCUT2D eigenvalue weighted by Crippen LogP contribution is -2.03. The quantitative estimate of drug-likeness (QED) is 0.853. The van der Waals surface area contributed by atoms with Crippen molar-refractivity contribution < 1.29 is 8.81 Å². The van der Waals surface area contributed by atoms with Gasteiger partial charge < -0.3 is 15.5 Å². The fourth-order valence-electron chi connectivity index (χ4n) is 1.50. The Hall–Kier alpha value is -1.56. The third-order valence-electron chi connectivity index (χ3n) is 2.60. The number of aryl methyl sites for hydroxylation is 2. The number of halogens is 2. The summed E-state index contributed by atoms with van der Waals surface area (Å²) < 4.78 is 19.0. The van der Waals surface area contributed by atoms with E-state index in [0.29, 0.717) is 28.3 Å². The SMILES string of the molecule is Cc1nc(CNc2cc(Br)c(F)cc2N)oc1C. The van der Waals surface area contributed by atoms with Gasteiger partial charge in [0.25, 0.3) is 0 Å². The van der Waals surface area contributed by atoms with Gasteiger partial charge in [0, 0.05) is 6.07 Å². The molecule has 0 radical (unpaired) electrons. The Morgan fingerprint density at radius 2 is 2.17 bits per heavy atom. The van der Waals surface area contributed by atoms with Gasteiger partial charge in [0.05, 0.1) is 28.1 Å². The molecule has 2 rings (SSSR count). The van der Waals surface area contributed by atoms with E-state index in [1.54, 1.807) is 6.07 Å². The third kappa shape index (κ3) is 2.64. The molecule has 0 saturated carbocycles. The maximum Gasteiger partial charge on any atom is 0.213 e. The monoisotopic (exact) mass is 313 g/mol. The van der Waals surface area contributed by atoms with E-state index in [1.165, 1.54) is 6.07 Å². The molecule has 3 N–H and O–H groups in total. The molecule has 2 aromatic rings. The van der Waals surface area contributed by atoms with Gasteiger partial charge in [0.15, 0.2) is 0 Å². The van der Waals surface area contributed by atoms with Crippen LogP contribution in [-0.4, -0.2) is 4.98 Å². The number of anilines is 2. The lowest BCUT2D eigenvalue weighted by Gasteiger charge is -2.08. The number of hydrogen-bond acceptors (Lipinski definition) is 4. The Morgan fingerprint density at radius 3 is 2.78 bits per heavy atom. The fourth-order valence-corrected chi connectivity index (χ4v) is 1.84. The number of nitrogens with zero attached hydrogens (tertiary/aromatic N) is 1. The van der Waals surface area contributed by atoms with Gasteiger partial charge in [-0.3, -0.25) is 0 Å². The summed E-state index contributed by atoms with van der Waals surface area (Å²) in [5.41, 5.74) is 7.56. The molecule has 1 aromatic carbocycles. The molecular formula is C12H13BrFN3O. The Balaban J connectivity index is 2.13. The minimum atomic E-state index is -0.388. The predicted octanol–water partition coefficient (Wildman–Crippen LogP) is 3.39. The molecule has 1 aromatic heterocycles. The highest BCUT2D eigenvalue weighted by atomic mass is 79.9. The van der Waals surface area contributed by atoms with E-state index in [1.807, 2.05) is 13.8 Å². The standard InChI is InChI=1S/C12H13BrFN3O/c1-6-7(2)18-12(17-6)5-16-11-3-8(13)9(14)4-10(11)15/h3-4,16H,5,15H2,1-2H3. The van der Waals surface area contributed by atoms with Crippen molar-refractivity contribution in [2.45, 2.75) is 20.4 Å². The molecular weight excluding hydrogens is 301 g/mol.